The summed E-state index contributed by atoms with van der Waals surface area (Å²) in [7, 11) is 3.16. The third-order valence-electron chi connectivity index (χ3n) is 2.81. The molecule has 7 heteroatoms. The zero-order valence-corrected chi connectivity index (χ0v) is 11.8. The van der Waals surface area contributed by atoms with E-state index in [0.29, 0.717) is 10.8 Å². The first-order chi connectivity index (χ1) is 8.82. The molecule has 0 saturated carbocycles. The minimum Gasteiger partial charge on any atom is -0.480 e. The van der Waals surface area contributed by atoms with Crippen LogP contribution in [0.4, 0.5) is 5.82 Å². The number of likely N-dealkylation sites (N-methyl/N-ethyl adjacent to an activating group) is 2. The van der Waals surface area contributed by atoms with E-state index in [2.05, 4.69) is 4.98 Å². The smallest absolute Gasteiger partial charge is 0.326 e. The zero-order valence-electron chi connectivity index (χ0n) is 11.0. The van der Waals surface area contributed by atoms with Crippen LogP contribution in [-0.4, -0.2) is 53.5 Å². The van der Waals surface area contributed by atoms with Crippen LogP contribution in [0, 0.1) is 0 Å². The van der Waals surface area contributed by atoms with E-state index in [1.54, 1.807) is 24.1 Å². The van der Waals surface area contributed by atoms with Crippen LogP contribution in [-0.2, 0) is 9.59 Å². The third kappa shape index (κ3) is 4.10. The Bertz CT molecular complexity index is 464. The van der Waals surface area contributed by atoms with Crippen molar-refractivity contribution in [3.8, 4) is 0 Å². The van der Waals surface area contributed by atoms with Crippen LogP contribution in [0.5, 0.6) is 0 Å². The van der Waals surface area contributed by atoms with Gasteiger partial charge in [-0.3, -0.25) is 4.79 Å². The monoisotopic (exact) mass is 285 g/mol. The summed E-state index contributed by atoms with van der Waals surface area (Å²) in [6, 6.07) is 2.50. The minimum absolute atomic E-state index is 0.0444. The lowest BCUT2D eigenvalue weighted by molar-refractivity contribution is -0.147. The number of pyridine rings is 1. The number of carboxylic acid groups (broad SMARTS) is 1. The summed E-state index contributed by atoms with van der Waals surface area (Å²) in [6.45, 7) is 1.50. The standard InChI is InChI=1S/C12H16ClN3O3/c1-8(12(18)19)16(3)11(17)7-15(2)10-5-4-9(13)6-14-10/h4-6,8H,7H2,1-3H3,(H,18,19). The molecule has 0 saturated heterocycles. The summed E-state index contributed by atoms with van der Waals surface area (Å²) in [5.74, 6) is -0.744. The molecule has 0 radical (unpaired) electrons. The van der Waals surface area contributed by atoms with Gasteiger partial charge in [0.05, 0.1) is 11.6 Å². The quantitative estimate of drug-likeness (QED) is 0.877. The van der Waals surface area contributed by atoms with Crippen LogP contribution in [0.3, 0.4) is 0 Å². The van der Waals surface area contributed by atoms with Crippen molar-refractivity contribution in [2.24, 2.45) is 0 Å². The molecule has 1 aromatic heterocycles. The Morgan fingerprint density at radius 1 is 1.42 bits per heavy atom. The number of carboxylic acids is 1. The number of amides is 1. The average Bonchev–Trinajstić information content (AvgIpc) is 2.37. The number of aliphatic carboxylic acids is 1. The van der Waals surface area contributed by atoms with E-state index in [4.69, 9.17) is 16.7 Å². The summed E-state index contributed by atoms with van der Waals surface area (Å²) < 4.78 is 0. The highest BCUT2D eigenvalue weighted by Gasteiger charge is 2.22. The summed E-state index contributed by atoms with van der Waals surface area (Å²) in [6.07, 6.45) is 1.49. The molecule has 19 heavy (non-hydrogen) atoms. The van der Waals surface area contributed by atoms with Gasteiger partial charge in [0, 0.05) is 20.3 Å². The molecular formula is C12H16ClN3O3. The molecule has 0 aliphatic heterocycles. The third-order valence-corrected chi connectivity index (χ3v) is 3.03. The highest BCUT2D eigenvalue weighted by Crippen LogP contribution is 2.13. The number of hydrogen-bond donors (Lipinski definition) is 1. The molecule has 0 aliphatic carbocycles. The molecule has 1 amide bonds. The molecule has 1 heterocycles. The lowest BCUT2D eigenvalue weighted by atomic mass is 10.3. The topological polar surface area (TPSA) is 73.7 Å². The number of anilines is 1. The van der Waals surface area contributed by atoms with Gasteiger partial charge in [0.15, 0.2) is 0 Å². The van der Waals surface area contributed by atoms with E-state index < -0.39 is 12.0 Å². The van der Waals surface area contributed by atoms with Crippen molar-refractivity contribution in [2.75, 3.05) is 25.5 Å². The number of nitrogens with zero attached hydrogens (tertiary/aromatic N) is 3. The maximum Gasteiger partial charge on any atom is 0.326 e. The van der Waals surface area contributed by atoms with Crippen molar-refractivity contribution < 1.29 is 14.7 Å². The Morgan fingerprint density at radius 3 is 2.53 bits per heavy atom. The van der Waals surface area contributed by atoms with Crippen LogP contribution < -0.4 is 4.90 Å². The zero-order chi connectivity index (χ0) is 14.6. The highest BCUT2D eigenvalue weighted by molar-refractivity contribution is 6.30. The highest BCUT2D eigenvalue weighted by atomic mass is 35.5. The van der Waals surface area contributed by atoms with Crippen molar-refractivity contribution in [1.82, 2.24) is 9.88 Å². The van der Waals surface area contributed by atoms with Gasteiger partial charge in [-0.2, -0.15) is 0 Å². The van der Waals surface area contributed by atoms with Gasteiger partial charge < -0.3 is 14.9 Å². The number of carbonyl (C=O) groups excluding carboxylic acids is 1. The first-order valence-corrected chi connectivity index (χ1v) is 6.02. The Morgan fingerprint density at radius 2 is 2.05 bits per heavy atom. The number of rotatable bonds is 5. The van der Waals surface area contributed by atoms with Gasteiger partial charge in [-0.1, -0.05) is 11.6 Å². The van der Waals surface area contributed by atoms with Crippen LogP contribution in [0.25, 0.3) is 0 Å². The second-order valence-corrected chi connectivity index (χ2v) is 4.65. The van der Waals surface area contributed by atoms with Crippen molar-refractivity contribution in [3.05, 3.63) is 23.4 Å². The van der Waals surface area contributed by atoms with Gasteiger partial charge in [-0.05, 0) is 19.1 Å². The van der Waals surface area contributed by atoms with E-state index in [1.807, 2.05) is 0 Å². The van der Waals surface area contributed by atoms with E-state index >= 15 is 0 Å². The molecule has 1 atom stereocenters. The lowest BCUT2D eigenvalue weighted by Crippen LogP contribution is -2.44. The molecule has 104 valence electrons. The molecule has 0 spiro atoms. The van der Waals surface area contributed by atoms with Gasteiger partial charge in [0.1, 0.15) is 11.9 Å². The molecule has 0 aromatic carbocycles. The van der Waals surface area contributed by atoms with Gasteiger partial charge in [0.2, 0.25) is 5.91 Å². The van der Waals surface area contributed by atoms with Crippen LogP contribution in [0.15, 0.2) is 18.3 Å². The van der Waals surface area contributed by atoms with Crippen molar-refractivity contribution in [1.29, 1.82) is 0 Å². The molecule has 1 N–H and O–H groups in total. The number of aromatic nitrogens is 1. The molecule has 1 unspecified atom stereocenters. The Balaban J connectivity index is 2.66. The molecule has 1 rings (SSSR count). The first kappa shape index (κ1) is 15.2. The minimum atomic E-state index is -1.04. The lowest BCUT2D eigenvalue weighted by Gasteiger charge is -2.25. The maximum absolute atomic E-state index is 11.9. The van der Waals surface area contributed by atoms with E-state index in [9.17, 15) is 9.59 Å². The normalized spacial score (nSPS) is 11.8. The van der Waals surface area contributed by atoms with Crippen LogP contribution >= 0.6 is 11.6 Å². The SMILES string of the molecule is CC(C(=O)O)N(C)C(=O)CN(C)c1ccc(Cl)cn1. The molecule has 0 aliphatic rings. The fourth-order valence-corrected chi connectivity index (χ4v) is 1.48. The van der Waals surface area contributed by atoms with Gasteiger partial charge in [-0.25, -0.2) is 9.78 Å². The van der Waals surface area contributed by atoms with Crippen molar-refractivity contribution in [2.45, 2.75) is 13.0 Å². The van der Waals surface area contributed by atoms with E-state index in [-0.39, 0.29) is 12.5 Å². The summed E-state index contributed by atoms with van der Waals surface area (Å²) in [5.41, 5.74) is 0. The van der Waals surface area contributed by atoms with Crippen molar-refractivity contribution in [3.63, 3.8) is 0 Å². The first-order valence-electron chi connectivity index (χ1n) is 5.64. The molecule has 0 bridgehead atoms. The number of carbonyl (C=O) groups is 2. The molecule has 6 nitrogen and oxygen atoms in total. The number of hydrogen-bond acceptors (Lipinski definition) is 4. The Kier molecular flexibility index (Phi) is 5.11. The summed E-state index contributed by atoms with van der Waals surface area (Å²) >= 11 is 5.73. The van der Waals surface area contributed by atoms with E-state index in [1.165, 1.54) is 25.1 Å². The fraction of sp³-hybridized carbons (Fsp3) is 0.417. The maximum atomic E-state index is 11.9. The van der Waals surface area contributed by atoms with E-state index in [0.717, 1.165) is 0 Å². The largest absolute Gasteiger partial charge is 0.480 e. The van der Waals surface area contributed by atoms with Gasteiger partial charge in [-0.15, -0.1) is 0 Å². The average molecular weight is 286 g/mol. The predicted molar refractivity (Wildman–Crippen MR) is 72.4 cm³/mol. The Labute approximate surface area is 116 Å². The fourth-order valence-electron chi connectivity index (χ4n) is 1.37. The summed E-state index contributed by atoms with van der Waals surface area (Å²) in [5, 5.41) is 9.36. The molecular weight excluding hydrogens is 270 g/mol. The van der Waals surface area contributed by atoms with Gasteiger partial charge in [0.25, 0.3) is 0 Å². The van der Waals surface area contributed by atoms with Crippen LogP contribution in [0.1, 0.15) is 6.92 Å². The second-order valence-electron chi connectivity index (χ2n) is 4.21. The van der Waals surface area contributed by atoms with Crippen LogP contribution in [0.2, 0.25) is 5.02 Å². The predicted octanol–water partition coefficient (Wildman–Crippen LogP) is 1.10. The van der Waals surface area contributed by atoms with Crippen molar-refractivity contribution >= 4 is 29.3 Å². The summed E-state index contributed by atoms with van der Waals surface area (Å²) in [4.78, 5) is 29.6. The Hall–Kier alpha value is -1.82. The molecule has 1 aromatic rings. The molecule has 0 fully saturated rings. The van der Waals surface area contributed by atoms with Gasteiger partial charge >= 0.3 is 5.97 Å². The number of halogens is 1. The second kappa shape index (κ2) is 6.38.